The Hall–Kier alpha value is -2.42. The lowest BCUT2D eigenvalue weighted by atomic mass is 10.2. The van der Waals surface area contributed by atoms with Crippen LogP contribution >= 0.6 is 8.60 Å². The second-order valence-corrected chi connectivity index (χ2v) is 9.93. The maximum absolute atomic E-state index is 14.5. The first-order valence-electron chi connectivity index (χ1n) is 12.6. The zero-order valence-electron chi connectivity index (χ0n) is 24.2. The van der Waals surface area contributed by atoms with Crippen molar-refractivity contribution in [3.05, 3.63) is 32.6 Å². The highest BCUT2D eigenvalue weighted by molar-refractivity contribution is 7.41. The molecule has 1 fully saturated rings. The molecule has 0 amide bonds. The van der Waals surface area contributed by atoms with Crippen LogP contribution < -0.4 is 11.2 Å². The maximum Gasteiger partial charge on any atom is 0.510 e. The van der Waals surface area contributed by atoms with E-state index in [1.54, 1.807) is 21.0 Å². The van der Waals surface area contributed by atoms with Gasteiger partial charge in [0.2, 0.25) is 6.79 Å². The van der Waals surface area contributed by atoms with E-state index in [9.17, 15) is 23.6 Å². The summed E-state index contributed by atoms with van der Waals surface area (Å²) in [5.41, 5.74) is -1.16. The van der Waals surface area contributed by atoms with Crippen LogP contribution in [0.15, 0.2) is 15.8 Å². The van der Waals surface area contributed by atoms with Crippen LogP contribution in [0.3, 0.4) is 0 Å². The Balaban J connectivity index is 0.00000167. The summed E-state index contributed by atoms with van der Waals surface area (Å²) in [7, 11) is -0.474. The lowest BCUT2D eigenvalue weighted by molar-refractivity contribution is -0.135. The maximum atomic E-state index is 14.5. The van der Waals surface area contributed by atoms with E-state index in [0.717, 1.165) is 4.57 Å². The summed E-state index contributed by atoms with van der Waals surface area (Å²) < 4.78 is 55.2. The Kier molecular flexibility index (Phi) is 20.1. The van der Waals surface area contributed by atoms with Crippen molar-refractivity contribution >= 4 is 21.2 Å². The van der Waals surface area contributed by atoms with Gasteiger partial charge in [0, 0.05) is 25.3 Å². The van der Waals surface area contributed by atoms with Gasteiger partial charge in [-0.25, -0.2) is 14.0 Å². The van der Waals surface area contributed by atoms with Gasteiger partial charge < -0.3 is 28.2 Å². The number of nitrogens with one attached hydrogen (secondary N) is 1. The number of aromatic nitrogens is 2. The Morgan fingerprint density at radius 1 is 1.18 bits per heavy atom. The Labute approximate surface area is 234 Å². The van der Waals surface area contributed by atoms with Gasteiger partial charge in [-0.05, 0) is 34.6 Å². The fourth-order valence-corrected chi connectivity index (χ4v) is 3.33. The lowest BCUT2D eigenvalue weighted by Crippen LogP contribution is -2.35. The molecule has 16 heteroatoms. The molecule has 1 aliphatic heterocycles. The van der Waals surface area contributed by atoms with Crippen molar-refractivity contribution < 1.29 is 51.2 Å². The van der Waals surface area contributed by atoms with Crippen molar-refractivity contribution in [2.24, 2.45) is 0 Å². The minimum Gasteiger partial charge on any atom is -0.440 e. The molecule has 0 radical (unpaired) electrons. The van der Waals surface area contributed by atoms with E-state index in [1.165, 1.54) is 19.5 Å². The number of rotatable bonds is 13. The first-order chi connectivity index (χ1) is 18.9. The number of halogens is 1. The van der Waals surface area contributed by atoms with Crippen LogP contribution in [0.2, 0.25) is 0 Å². The van der Waals surface area contributed by atoms with E-state index in [0.29, 0.717) is 6.10 Å². The van der Waals surface area contributed by atoms with E-state index >= 15 is 0 Å². The molecule has 4 atom stereocenters. The second kappa shape index (κ2) is 21.3. The van der Waals surface area contributed by atoms with Gasteiger partial charge >= 0.3 is 20.4 Å². The molecule has 1 N–H and O–H groups in total. The number of methoxy groups -OCH3 is 1. The second-order valence-electron chi connectivity index (χ2n) is 8.71. The summed E-state index contributed by atoms with van der Waals surface area (Å²) >= 11 is 0. The van der Waals surface area contributed by atoms with Crippen LogP contribution in [0, 0.1) is 6.92 Å². The zero-order chi connectivity index (χ0) is 30.7. The van der Waals surface area contributed by atoms with E-state index < -0.39 is 64.2 Å². The van der Waals surface area contributed by atoms with Crippen molar-refractivity contribution in [1.29, 1.82) is 0 Å². The van der Waals surface area contributed by atoms with Gasteiger partial charge in [0.05, 0.1) is 24.9 Å². The number of H-pyrrole nitrogens is 1. The minimum absolute atomic E-state index is 0.111. The van der Waals surface area contributed by atoms with Crippen molar-refractivity contribution in [1.82, 2.24) is 9.55 Å². The first kappa shape index (κ1) is 37.6. The van der Waals surface area contributed by atoms with Crippen LogP contribution in [0.1, 0.15) is 66.2 Å². The average molecular weight is 601 g/mol. The predicted octanol–water partition coefficient (Wildman–Crippen LogP) is 3.85. The van der Waals surface area contributed by atoms with Crippen LogP contribution in [0.25, 0.3) is 0 Å². The summed E-state index contributed by atoms with van der Waals surface area (Å²) in [6.45, 7) is 11.8. The van der Waals surface area contributed by atoms with E-state index in [1.807, 2.05) is 13.8 Å². The standard InChI is InChI=1S/C17H24FN2O11P.C4H10O.C3H8/c1-10(2)30-17(24)26-9-29-32(28-8-25-7-21)27-6-12-4-13(18)15(31-12)20-5-11(3)14(22)19-16(20)23;1-4(2)5-3;1-3-2/h5,7,10,12-13,15H,4,6,8-9H2,1-3H3,(H,19,22,23);4H,1-3H3;3H2,1-2H3. The van der Waals surface area contributed by atoms with Crippen LogP contribution in [-0.4, -0.2) is 74.0 Å². The summed E-state index contributed by atoms with van der Waals surface area (Å²) in [4.78, 5) is 47.2. The van der Waals surface area contributed by atoms with E-state index in [-0.39, 0.29) is 25.1 Å². The van der Waals surface area contributed by atoms with Crippen molar-refractivity contribution in [3.8, 4) is 0 Å². The van der Waals surface area contributed by atoms with Gasteiger partial charge in [-0.1, -0.05) is 20.3 Å². The lowest BCUT2D eigenvalue weighted by Gasteiger charge is -2.19. The first-order valence-corrected chi connectivity index (χ1v) is 13.7. The Morgan fingerprint density at radius 2 is 1.77 bits per heavy atom. The number of nitrogens with zero attached hydrogens (tertiary/aromatic N) is 1. The molecule has 4 unspecified atom stereocenters. The molecule has 40 heavy (non-hydrogen) atoms. The van der Waals surface area contributed by atoms with Crippen LogP contribution in [0.4, 0.5) is 9.18 Å². The third kappa shape index (κ3) is 16.0. The van der Waals surface area contributed by atoms with Gasteiger partial charge in [0.25, 0.3) is 12.0 Å². The smallest absolute Gasteiger partial charge is 0.440 e. The molecule has 0 saturated carbocycles. The number of hydrogen-bond donors (Lipinski definition) is 1. The molecule has 1 aliphatic rings. The number of carbonyl (C=O) groups excluding carboxylic acids is 2. The molecule has 0 bridgehead atoms. The molecule has 1 aromatic heterocycles. The van der Waals surface area contributed by atoms with Gasteiger partial charge in [-0.3, -0.25) is 28.2 Å². The molecule has 0 aliphatic carbocycles. The quantitative estimate of drug-likeness (QED) is 0.115. The van der Waals surface area contributed by atoms with Gasteiger partial charge in [-0.2, -0.15) is 0 Å². The normalized spacial score (nSPS) is 18.7. The number of aromatic amines is 1. The summed E-state index contributed by atoms with van der Waals surface area (Å²) in [6, 6.07) is 0. The van der Waals surface area contributed by atoms with Gasteiger partial charge in [0.15, 0.2) is 13.0 Å². The van der Waals surface area contributed by atoms with Crippen molar-refractivity contribution in [2.75, 3.05) is 27.3 Å². The number of carbonyl (C=O) groups is 2. The number of hydrogen-bond acceptors (Lipinski definition) is 12. The molecule has 232 valence electrons. The number of aryl methyl sites for hydroxylation is 1. The SMILES string of the molecule is CCC.COC(C)C.Cc1cn(C2OC(COP(OCOC=O)OCOC(=O)OC(C)C)CC2F)c(=O)[nH]c1=O. The highest BCUT2D eigenvalue weighted by Gasteiger charge is 2.38. The molecule has 2 heterocycles. The van der Waals surface area contributed by atoms with Gasteiger partial charge in [-0.15, -0.1) is 0 Å². The fourth-order valence-electron chi connectivity index (χ4n) is 2.53. The molecule has 14 nitrogen and oxygen atoms in total. The molecule has 1 saturated heterocycles. The molecule has 0 aromatic carbocycles. The van der Waals surface area contributed by atoms with E-state index in [2.05, 4.69) is 23.6 Å². The zero-order valence-corrected chi connectivity index (χ0v) is 25.1. The highest BCUT2D eigenvalue weighted by Crippen LogP contribution is 2.41. The van der Waals surface area contributed by atoms with Crippen molar-refractivity contribution in [3.63, 3.8) is 0 Å². The highest BCUT2D eigenvalue weighted by atomic mass is 31.2. The van der Waals surface area contributed by atoms with Crippen LogP contribution in [0.5, 0.6) is 0 Å². The molecule has 0 spiro atoms. The largest absolute Gasteiger partial charge is 0.510 e. The number of ether oxygens (including phenoxy) is 5. The van der Waals surface area contributed by atoms with Gasteiger partial charge in [0.1, 0.15) is 6.17 Å². The summed E-state index contributed by atoms with van der Waals surface area (Å²) in [5, 5.41) is 0. The minimum atomic E-state index is -2.17. The third-order valence-electron chi connectivity index (χ3n) is 4.35. The summed E-state index contributed by atoms with van der Waals surface area (Å²) in [5.74, 6) is 0. The predicted molar refractivity (Wildman–Crippen MR) is 142 cm³/mol. The summed E-state index contributed by atoms with van der Waals surface area (Å²) in [6.07, 6.45) is -2.22. The molecule has 2 rings (SSSR count). The Morgan fingerprint density at radius 3 is 2.33 bits per heavy atom. The molecule has 1 aromatic rings. The number of alkyl halides is 1. The fraction of sp³-hybridized carbons (Fsp3) is 0.750. The molecular weight excluding hydrogens is 558 g/mol. The molecular formula is C24H42FN2O12P. The van der Waals surface area contributed by atoms with Crippen molar-refractivity contribution in [2.45, 2.75) is 92.0 Å². The van der Waals surface area contributed by atoms with Crippen LogP contribution in [-0.2, 0) is 42.1 Å². The monoisotopic (exact) mass is 600 g/mol. The Bertz CT molecular complexity index is 959. The average Bonchev–Trinajstić information content (AvgIpc) is 3.25. The third-order valence-corrected chi connectivity index (χ3v) is 5.34. The topological polar surface area (TPSA) is 163 Å². The van der Waals surface area contributed by atoms with E-state index in [4.69, 9.17) is 32.5 Å².